The number of nitrogens with one attached hydrogen (secondary N) is 2. The molecule has 0 aromatic heterocycles. The third kappa shape index (κ3) is 5.82. The lowest BCUT2D eigenvalue weighted by atomic mass is 9.87. The number of ether oxygens (including phenoxy) is 1. The zero-order valence-electron chi connectivity index (χ0n) is 15.7. The van der Waals surface area contributed by atoms with Crippen LogP contribution in [-0.2, 0) is 15.0 Å². The number of anilines is 1. The van der Waals surface area contributed by atoms with Crippen molar-refractivity contribution in [1.82, 2.24) is 5.43 Å². The number of rotatable bonds is 4. The molecule has 0 radical (unpaired) electrons. The minimum absolute atomic E-state index is 0.0618. The Morgan fingerprint density at radius 2 is 1.74 bits per heavy atom. The van der Waals surface area contributed by atoms with Gasteiger partial charge in [-0.05, 0) is 34.7 Å². The first-order valence-electron chi connectivity index (χ1n) is 8.29. The number of hydrogen-bond donors (Lipinski definition) is 2. The number of methoxy groups -OCH3 is 1. The van der Waals surface area contributed by atoms with Crippen LogP contribution in [0.4, 0.5) is 5.69 Å². The van der Waals surface area contributed by atoms with Crippen LogP contribution < -0.4 is 15.5 Å². The molecule has 142 valence electrons. The van der Waals surface area contributed by atoms with Gasteiger partial charge in [0.2, 0.25) is 0 Å². The average molecular weight is 388 g/mol. The summed E-state index contributed by atoms with van der Waals surface area (Å²) in [5.74, 6) is -1.26. The maximum Gasteiger partial charge on any atom is 0.329 e. The van der Waals surface area contributed by atoms with Gasteiger partial charge >= 0.3 is 11.8 Å². The molecule has 0 heterocycles. The summed E-state index contributed by atoms with van der Waals surface area (Å²) >= 11 is 5.98. The zero-order chi connectivity index (χ0) is 20.0. The normalized spacial score (nSPS) is 11.3. The predicted octanol–water partition coefficient (Wildman–Crippen LogP) is 3.73. The summed E-state index contributed by atoms with van der Waals surface area (Å²) in [5, 5.41) is 6.58. The highest BCUT2D eigenvalue weighted by Gasteiger charge is 2.14. The van der Waals surface area contributed by atoms with Crippen molar-refractivity contribution in [2.75, 3.05) is 12.4 Å². The monoisotopic (exact) mass is 387 g/mol. The molecule has 2 amide bonds. The van der Waals surface area contributed by atoms with Gasteiger partial charge in [-0.25, -0.2) is 5.43 Å². The second-order valence-electron chi connectivity index (χ2n) is 6.87. The third-order valence-corrected chi connectivity index (χ3v) is 4.07. The Kier molecular flexibility index (Phi) is 6.58. The van der Waals surface area contributed by atoms with Crippen molar-refractivity contribution in [3.8, 4) is 5.75 Å². The largest absolute Gasteiger partial charge is 0.495 e. The molecule has 0 spiro atoms. The van der Waals surface area contributed by atoms with Crippen LogP contribution in [0.15, 0.2) is 47.6 Å². The van der Waals surface area contributed by atoms with Crippen LogP contribution in [0.3, 0.4) is 0 Å². The fourth-order valence-electron chi connectivity index (χ4n) is 2.22. The van der Waals surface area contributed by atoms with Gasteiger partial charge in [-0.1, -0.05) is 56.6 Å². The Morgan fingerprint density at radius 1 is 1.07 bits per heavy atom. The van der Waals surface area contributed by atoms with E-state index in [-0.39, 0.29) is 5.41 Å². The van der Waals surface area contributed by atoms with E-state index >= 15 is 0 Å². The number of halogens is 1. The van der Waals surface area contributed by atoms with Crippen LogP contribution in [0.5, 0.6) is 5.75 Å². The summed E-state index contributed by atoms with van der Waals surface area (Å²) in [5.41, 5.74) is 4.64. The number of amides is 2. The van der Waals surface area contributed by atoms with Crippen molar-refractivity contribution in [2.24, 2.45) is 5.10 Å². The topological polar surface area (TPSA) is 79.8 Å². The predicted molar refractivity (Wildman–Crippen MR) is 108 cm³/mol. The molecule has 0 bridgehead atoms. The minimum atomic E-state index is -0.885. The molecule has 2 aromatic carbocycles. The van der Waals surface area contributed by atoms with E-state index in [4.69, 9.17) is 16.3 Å². The third-order valence-electron chi connectivity index (χ3n) is 3.77. The molecule has 0 aliphatic heterocycles. The minimum Gasteiger partial charge on any atom is -0.495 e. The maximum absolute atomic E-state index is 11.9. The molecule has 0 fully saturated rings. The quantitative estimate of drug-likeness (QED) is 0.476. The Hall–Kier alpha value is -2.86. The average Bonchev–Trinajstić information content (AvgIpc) is 2.61. The van der Waals surface area contributed by atoms with Gasteiger partial charge in [-0.3, -0.25) is 9.59 Å². The number of benzene rings is 2. The van der Waals surface area contributed by atoms with E-state index in [0.29, 0.717) is 16.5 Å². The first-order chi connectivity index (χ1) is 12.7. The lowest BCUT2D eigenvalue weighted by Crippen LogP contribution is -2.32. The molecule has 2 aromatic rings. The maximum atomic E-state index is 11.9. The highest BCUT2D eigenvalue weighted by molar-refractivity contribution is 6.40. The van der Waals surface area contributed by atoms with Crippen LogP contribution in [0, 0.1) is 0 Å². The van der Waals surface area contributed by atoms with Gasteiger partial charge < -0.3 is 10.1 Å². The fourth-order valence-corrected chi connectivity index (χ4v) is 2.48. The van der Waals surface area contributed by atoms with Crippen molar-refractivity contribution in [3.63, 3.8) is 0 Å². The van der Waals surface area contributed by atoms with Gasteiger partial charge in [0.05, 0.1) is 18.3 Å². The van der Waals surface area contributed by atoms with E-state index in [2.05, 4.69) is 36.6 Å². The van der Waals surface area contributed by atoms with Crippen LogP contribution in [0.25, 0.3) is 0 Å². The molecular weight excluding hydrogens is 366 g/mol. The number of carbonyl (C=O) groups excluding carboxylic acids is 2. The summed E-state index contributed by atoms with van der Waals surface area (Å²) in [6.07, 6.45) is 1.47. The molecule has 6 nitrogen and oxygen atoms in total. The van der Waals surface area contributed by atoms with Crippen LogP contribution in [0.1, 0.15) is 31.9 Å². The number of hydrogen-bond acceptors (Lipinski definition) is 4. The molecule has 2 N–H and O–H groups in total. The van der Waals surface area contributed by atoms with Crippen LogP contribution in [-0.4, -0.2) is 25.1 Å². The van der Waals surface area contributed by atoms with Crippen LogP contribution in [0.2, 0.25) is 5.02 Å². The van der Waals surface area contributed by atoms with Gasteiger partial charge in [0.25, 0.3) is 0 Å². The molecule has 2 rings (SSSR count). The van der Waals surface area contributed by atoms with Crippen molar-refractivity contribution in [3.05, 3.63) is 58.6 Å². The molecule has 0 saturated heterocycles. The second-order valence-corrected chi connectivity index (χ2v) is 7.28. The van der Waals surface area contributed by atoms with E-state index in [0.717, 1.165) is 5.56 Å². The first kappa shape index (κ1) is 20.5. The summed E-state index contributed by atoms with van der Waals surface area (Å²) in [6.45, 7) is 6.39. The van der Waals surface area contributed by atoms with Gasteiger partial charge in [0.1, 0.15) is 5.75 Å². The van der Waals surface area contributed by atoms with Gasteiger partial charge in [0.15, 0.2) is 0 Å². The number of nitrogens with zero attached hydrogens (tertiary/aromatic N) is 1. The zero-order valence-corrected chi connectivity index (χ0v) is 16.4. The van der Waals surface area contributed by atoms with Gasteiger partial charge in [-0.15, -0.1) is 0 Å². The van der Waals surface area contributed by atoms with Crippen molar-refractivity contribution in [1.29, 1.82) is 0 Å². The van der Waals surface area contributed by atoms with Crippen molar-refractivity contribution in [2.45, 2.75) is 26.2 Å². The summed E-state index contributed by atoms with van der Waals surface area (Å²) in [6, 6.07) is 12.5. The highest BCUT2D eigenvalue weighted by Crippen LogP contribution is 2.27. The van der Waals surface area contributed by atoms with E-state index in [1.54, 1.807) is 12.1 Å². The Labute approximate surface area is 163 Å². The lowest BCUT2D eigenvalue weighted by molar-refractivity contribution is -0.136. The molecule has 7 heteroatoms. The van der Waals surface area contributed by atoms with Crippen molar-refractivity contribution < 1.29 is 14.3 Å². The fraction of sp³-hybridized carbons (Fsp3) is 0.250. The Bertz CT molecular complexity index is 856. The van der Waals surface area contributed by atoms with Gasteiger partial charge in [0, 0.05) is 5.69 Å². The van der Waals surface area contributed by atoms with E-state index in [1.807, 2.05) is 24.3 Å². The highest BCUT2D eigenvalue weighted by atomic mass is 35.5. The smallest absolute Gasteiger partial charge is 0.329 e. The molecular formula is C20H22ClN3O3. The SMILES string of the molecule is COc1ccc(NC(=O)C(=O)NN=Cc2ccc(C(C)(C)C)cc2)cc1Cl. The lowest BCUT2D eigenvalue weighted by Gasteiger charge is -2.18. The molecule has 27 heavy (non-hydrogen) atoms. The molecule has 0 aliphatic carbocycles. The summed E-state index contributed by atoms with van der Waals surface area (Å²) in [7, 11) is 1.49. The van der Waals surface area contributed by atoms with Crippen LogP contribution >= 0.6 is 11.6 Å². The Balaban J connectivity index is 1.91. The molecule has 0 aliphatic rings. The summed E-state index contributed by atoms with van der Waals surface area (Å²) < 4.78 is 5.03. The standard InChI is InChI=1S/C20H22ClN3O3/c1-20(2,3)14-7-5-13(6-8-14)12-22-24-19(26)18(25)23-15-9-10-17(27-4)16(21)11-15/h5-12H,1-4H3,(H,23,25)(H,24,26). The molecule has 0 atom stereocenters. The molecule has 0 unspecified atom stereocenters. The van der Waals surface area contributed by atoms with E-state index < -0.39 is 11.8 Å². The van der Waals surface area contributed by atoms with E-state index in [9.17, 15) is 9.59 Å². The summed E-state index contributed by atoms with van der Waals surface area (Å²) in [4.78, 5) is 23.7. The van der Waals surface area contributed by atoms with Crippen molar-refractivity contribution >= 4 is 35.3 Å². The number of hydrazone groups is 1. The first-order valence-corrected chi connectivity index (χ1v) is 8.67. The number of carbonyl (C=O) groups is 2. The molecule has 0 saturated carbocycles. The van der Waals surface area contributed by atoms with Gasteiger partial charge in [-0.2, -0.15) is 5.10 Å². The second kappa shape index (κ2) is 8.68. The van der Waals surface area contributed by atoms with E-state index in [1.165, 1.54) is 25.0 Å². The Morgan fingerprint density at radius 3 is 2.30 bits per heavy atom.